The lowest BCUT2D eigenvalue weighted by Gasteiger charge is -2.17. The Kier molecular flexibility index (Phi) is 5.58. The van der Waals surface area contributed by atoms with Crippen molar-refractivity contribution in [1.29, 1.82) is 0 Å². The second kappa shape index (κ2) is 7.64. The first kappa shape index (κ1) is 16.1. The first-order valence-electron chi connectivity index (χ1n) is 7.52. The summed E-state index contributed by atoms with van der Waals surface area (Å²) in [5.41, 5.74) is 3.19. The number of hydrogen-bond acceptors (Lipinski definition) is 3. The summed E-state index contributed by atoms with van der Waals surface area (Å²) in [6.45, 7) is 6.45. The maximum absolute atomic E-state index is 11.9. The van der Waals surface area contributed by atoms with Gasteiger partial charge in [0.1, 0.15) is 12.4 Å². The quantitative estimate of drug-likeness (QED) is 0.826. The Morgan fingerprint density at radius 2 is 2.09 bits per heavy atom. The third-order valence-electron chi connectivity index (χ3n) is 3.47. The van der Waals surface area contributed by atoms with Crippen molar-refractivity contribution in [2.45, 2.75) is 39.7 Å². The van der Waals surface area contributed by atoms with E-state index in [1.807, 2.05) is 39.0 Å². The molecule has 0 aliphatic rings. The van der Waals surface area contributed by atoms with Crippen LogP contribution < -0.4 is 10.1 Å². The van der Waals surface area contributed by atoms with Crippen LogP contribution in [0.5, 0.6) is 5.75 Å². The summed E-state index contributed by atoms with van der Waals surface area (Å²) in [7, 11) is 0. The second-order valence-electron chi connectivity index (χ2n) is 5.58. The fraction of sp³-hybridized carbons (Fsp3) is 0.412. The van der Waals surface area contributed by atoms with Crippen molar-refractivity contribution in [3.05, 3.63) is 47.5 Å². The summed E-state index contributed by atoms with van der Waals surface area (Å²) in [4.78, 5) is 18.8. The highest BCUT2D eigenvalue weighted by Gasteiger charge is 2.10. The number of para-hydroxylation sites is 1. The van der Waals surface area contributed by atoms with Gasteiger partial charge < -0.3 is 15.0 Å². The molecule has 1 heterocycles. The smallest absolute Gasteiger partial charge is 0.220 e. The summed E-state index contributed by atoms with van der Waals surface area (Å²) in [5, 5.41) is 2.95. The van der Waals surface area contributed by atoms with Gasteiger partial charge in [0.15, 0.2) is 0 Å². The van der Waals surface area contributed by atoms with Crippen LogP contribution >= 0.6 is 0 Å². The number of aromatic amines is 1. The number of H-pyrrole nitrogens is 1. The van der Waals surface area contributed by atoms with Crippen LogP contribution in [-0.4, -0.2) is 28.5 Å². The van der Waals surface area contributed by atoms with Gasteiger partial charge in [-0.1, -0.05) is 18.2 Å². The zero-order chi connectivity index (χ0) is 15.9. The molecule has 1 aromatic heterocycles. The van der Waals surface area contributed by atoms with Crippen LogP contribution in [0.25, 0.3) is 0 Å². The van der Waals surface area contributed by atoms with E-state index in [0.29, 0.717) is 19.4 Å². The fourth-order valence-corrected chi connectivity index (χ4v) is 2.29. The first-order valence-corrected chi connectivity index (χ1v) is 7.52. The number of imidazole rings is 1. The Morgan fingerprint density at radius 1 is 1.36 bits per heavy atom. The summed E-state index contributed by atoms with van der Waals surface area (Å²) < 4.78 is 5.85. The summed E-state index contributed by atoms with van der Waals surface area (Å²) in [6.07, 6.45) is 4.46. The van der Waals surface area contributed by atoms with Crippen LogP contribution in [0, 0.1) is 13.8 Å². The molecule has 0 saturated heterocycles. The monoisotopic (exact) mass is 301 g/mol. The van der Waals surface area contributed by atoms with Crippen LogP contribution in [0.3, 0.4) is 0 Å². The molecule has 2 rings (SSSR count). The Bertz CT molecular complexity index is 588. The van der Waals surface area contributed by atoms with Crippen LogP contribution in [0.4, 0.5) is 0 Å². The van der Waals surface area contributed by atoms with Gasteiger partial charge in [-0.15, -0.1) is 0 Å². The number of nitrogens with zero attached hydrogens (tertiary/aromatic N) is 1. The van der Waals surface area contributed by atoms with Crippen LogP contribution in [-0.2, 0) is 11.2 Å². The molecule has 0 saturated carbocycles. The Labute approximate surface area is 131 Å². The first-order chi connectivity index (χ1) is 10.6. The van der Waals surface area contributed by atoms with Gasteiger partial charge in [0.2, 0.25) is 5.91 Å². The number of carbonyl (C=O) groups is 1. The van der Waals surface area contributed by atoms with Gasteiger partial charge in [0.05, 0.1) is 12.4 Å². The average molecular weight is 301 g/mol. The number of aryl methyl sites for hydroxylation is 3. The van der Waals surface area contributed by atoms with Crippen LogP contribution in [0.1, 0.15) is 30.2 Å². The predicted molar refractivity (Wildman–Crippen MR) is 85.9 cm³/mol. The minimum Gasteiger partial charge on any atom is -0.491 e. The molecule has 0 bridgehead atoms. The van der Waals surface area contributed by atoms with E-state index in [1.165, 1.54) is 0 Å². The molecule has 2 aromatic rings. The molecule has 118 valence electrons. The van der Waals surface area contributed by atoms with E-state index >= 15 is 0 Å². The Hall–Kier alpha value is -2.30. The number of rotatable bonds is 7. The standard InChI is InChI=1S/C17H23N3O2/c1-12-5-4-6-13(2)17(12)22-10-14(3)20-16(21)8-7-15-9-18-11-19-15/h4-6,9,11,14H,7-8,10H2,1-3H3,(H,18,19)(H,20,21). The lowest BCUT2D eigenvalue weighted by molar-refractivity contribution is -0.121. The zero-order valence-corrected chi connectivity index (χ0v) is 13.3. The summed E-state index contributed by atoms with van der Waals surface area (Å²) >= 11 is 0. The highest BCUT2D eigenvalue weighted by molar-refractivity contribution is 5.76. The highest BCUT2D eigenvalue weighted by atomic mass is 16.5. The van der Waals surface area contributed by atoms with E-state index < -0.39 is 0 Å². The minimum absolute atomic E-state index is 0.0206. The predicted octanol–water partition coefficient (Wildman–Crippen LogP) is 2.54. The molecule has 1 unspecified atom stereocenters. The molecule has 2 N–H and O–H groups in total. The van der Waals surface area contributed by atoms with Crippen LogP contribution in [0.15, 0.2) is 30.7 Å². The summed E-state index contributed by atoms with van der Waals surface area (Å²) in [6, 6.07) is 6.03. The van der Waals surface area contributed by atoms with E-state index in [0.717, 1.165) is 22.6 Å². The maximum atomic E-state index is 11.9. The molecular formula is C17H23N3O2. The largest absolute Gasteiger partial charge is 0.491 e. The maximum Gasteiger partial charge on any atom is 0.220 e. The van der Waals surface area contributed by atoms with Crippen molar-refractivity contribution in [2.75, 3.05) is 6.61 Å². The highest BCUT2D eigenvalue weighted by Crippen LogP contribution is 2.22. The Balaban J connectivity index is 1.75. The zero-order valence-electron chi connectivity index (χ0n) is 13.3. The Morgan fingerprint density at radius 3 is 2.73 bits per heavy atom. The van der Waals surface area contributed by atoms with Gasteiger partial charge in [-0.3, -0.25) is 4.79 Å². The van der Waals surface area contributed by atoms with Gasteiger partial charge in [-0.05, 0) is 38.3 Å². The van der Waals surface area contributed by atoms with Crippen molar-refractivity contribution in [1.82, 2.24) is 15.3 Å². The lowest BCUT2D eigenvalue weighted by Crippen LogP contribution is -2.37. The third kappa shape index (κ3) is 4.62. The van der Waals surface area contributed by atoms with Gasteiger partial charge in [-0.2, -0.15) is 0 Å². The third-order valence-corrected chi connectivity index (χ3v) is 3.47. The van der Waals surface area contributed by atoms with Gasteiger partial charge in [0, 0.05) is 18.3 Å². The topological polar surface area (TPSA) is 67.0 Å². The summed E-state index contributed by atoms with van der Waals surface area (Å²) in [5.74, 6) is 0.924. The molecule has 0 radical (unpaired) electrons. The lowest BCUT2D eigenvalue weighted by atomic mass is 10.1. The minimum atomic E-state index is -0.0340. The number of ether oxygens (including phenoxy) is 1. The number of nitrogens with one attached hydrogen (secondary N) is 2. The normalized spacial score (nSPS) is 12.0. The van der Waals surface area contributed by atoms with E-state index in [1.54, 1.807) is 12.5 Å². The van der Waals surface area contributed by atoms with Crippen LogP contribution in [0.2, 0.25) is 0 Å². The molecule has 5 nitrogen and oxygen atoms in total. The number of benzene rings is 1. The van der Waals surface area contributed by atoms with Crippen molar-refractivity contribution in [2.24, 2.45) is 0 Å². The molecule has 0 fully saturated rings. The van der Waals surface area contributed by atoms with E-state index in [9.17, 15) is 4.79 Å². The van der Waals surface area contributed by atoms with Crippen molar-refractivity contribution < 1.29 is 9.53 Å². The van der Waals surface area contributed by atoms with Crippen molar-refractivity contribution in [3.63, 3.8) is 0 Å². The van der Waals surface area contributed by atoms with Crippen molar-refractivity contribution in [3.8, 4) is 5.75 Å². The molecule has 0 aliphatic heterocycles. The molecule has 1 atom stereocenters. The van der Waals surface area contributed by atoms with E-state index in [-0.39, 0.29) is 11.9 Å². The number of aromatic nitrogens is 2. The van der Waals surface area contributed by atoms with Gasteiger partial charge >= 0.3 is 0 Å². The molecule has 1 aromatic carbocycles. The van der Waals surface area contributed by atoms with Crippen molar-refractivity contribution >= 4 is 5.91 Å². The molecule has 0 aliphatic carbocycles. The second-order valence-corrected chi connectivity index (χ2v) is 5.58. The number of carbonyl (C=O) groups excluding carboxylic acids is 1. The van der Waals surface area contributed by atoms with Gasteiger partial charge in [-0.25, -0.2) is 4.98 Å². The van der Waals surface area contributed by atoms with E-state index in [4.69, 9.17) is 4.74 Å². The molecule has 5 heteroatoms. The molecule has 1 amide bonds. The fourth-order valence-electron chi connectivity index (χ4n) is 2.29. The molecular weight excluding hydrogens is 278 g/mol. The average Bonchev–Trinajstić information content (AvgIpc) is 2.98. The molecule has 22 heavy (non-hydrogen) atoms. The number of amides is 1. The molecule has 0 spiro atoms. The SMILES string of the molecule is Cc1cccc(C)c1OCC(C)NC(=O)CCc1cnc[nH]1. The van der Waals surface area contributed by atoms with E-state index in [2.05, 4.69) is 15.3 Å². The van der Waals surface area contributed by atoms with Gasteiger partial charge in [0.25, 0.3) is 0 Å². The number of hydrogen-bond donors (Lipinski definition) is 2.